The molecule has 0 saturated heterocycles. The molecular formula is C14H30N2O2. The number of rotatable bonds is 9. The van der Waals surface area contributed by atoms with Crippen LogP contribution in [0.4, 0.5) is 4.79 Å². The number of amides is 1. The van der Waals surface area contributed by atoms with Gasteiger partial charge in [-0.25, -0.2) is 4.79 Å². The van der Waals surface area contributed by atoms with Crippen LogP contribution in [0.3, 0.4) is 0 Å². The van der Waals surface area contributed by atoms with E-state index in [2.05, 4.69) is 5.32 Å². The maximum absolute atomic E-state index is 11.3. The van der Waals surface area contributed by atoms with Crippen LogP contribution in [-0.4, -0.2) is 24.8 Å². The van der Waals surface area contributed by atoms with Gasteiger partial charge < -0.3 is 15.8 Å². The van der Waals surface area contributed by atoms with Gasteiger partial charge in [0.15, 0.2) is 0 Å². The molecule has 0 aliphatic carbocycles. The fourth-order valence-electron chi connectivity index (χ4n) is 1.66. The quantitative estimate of drug-likeness (QED) is 0.624. The number of hydrogen-bond donors (Lipinski definition) is 2. The summed E-state index contributed by atoms with van der Waals surface area (Å²) >= 11 is 0. The zero-order valence-electron chi connectivity index (χ0n) is 12.3. The summed E-state index contributed by atoms with van der Waals surface area (Å²) in [5.74, 6) is 0. The SMILES string of the molecule is CC(C)(C)OC(=O)NCCCCCCCCCN. The molecule has 0 aliphatic rings. The van der Waals surface area contributed by atoms with Crippen molar-refractivity contribution in [3.05, 3.63) is 0 Å². The molecule has 4 heteroatoms. The van der Waals surface area contributed by atoms with Crippen LogP contribution in [0.5, 0.6) is 0 Å². The van der Waals surface area contributed by atoms with Crippen molar-refractivity contribution in [3.8, 4) is 0 Å². The Morgan fingerprint density at radius 2 is 1.50 bits per heavy atom. The van der Waals surface area contributed by atoms with Gasteiger partial charge >= 0.3 is 6.09 Å². The van der Waals surface area contributed by atoms with Crippen LogP contribution in [0.1, 0.15) is 65.7 Å². The van der Waals surface area contributed by atoms with Gasteiger partial charge in [-0.05, 0) is 40.2 Å². The van der Waals surface area contributed by atoms with Crippen LogP contribution in [0.15, 0.2) is 0 Å². The Balaban J connectivity index is 3.23. The number of alkyl carbamates (subject to hydrolysis) is 1. The molecule has 0 saturated carbocycles. The molecule has 0 radical (unpaired) electrons. The summed E-state index contributed by atoms with van der Waals surface area (Å²) < 4.78 is 5.15. The summed E-state index contributed by atoms with van der Waals surface area (Å²) in [5.41, 5.74) is 5.02. The van der Waals surface area contributed by atoms with Crippen LogP contribution >= 0.6 is 0 Å². The van der Waals surface area contributed by atoms with Gasteiger partial charge in [0, 0.05) is 6.54 Å². The van der Waals surface area contributed by atoms with E-state index in [1.54, 1.807) is 0 Å². The number of nitrogens with two attached hydrogens (primary N) is 1. The van der Waals surface area contributed by atoms with Crippen molar-refractivity contribution >= 4 is 6.09 Å². The Hall–Kier alpha value is -0.770. The molecule has 108 valence electrons. The van der Waals surface area contributed by atoms with E-state index in [4.69, 9.17) is 10.5 Å². The zero-order valence-corrected chi connectivity index (χ0v) is 12.3. The standard InChI is InChI=1S/C14H30N2O2/c1-14(2,3)18-13(17)16-12-10-8-6-4-5-7-9-11-15/h4-12,15H2,1-3H3,(H,16,17). The number of nitrogens with one attached hydrogen (secondary N) is 1. The van der Waals surface area contributed by atoms with Crippen LogP contribution < -0.4 is 11.1 Å². The normalized spacial score (nSPS) is 11.3. The number of ether oxygens (including phenoxy) is 1. The van der Waals surface area contributed by atoms with Gasteiger partial charge in [0.1, 0.15) is 5.60 Å². The summed E-state index contributed by atoms with van der Waals surface area (Å²) in [4.78, 5) is 11.3. The van der Waals surface area contributed by atoms with Crippen molar-refractivity contribution in [2.45, 2.75) is 71.3 Å². The van der Waals surface area contributed by atoms with Crippen LogP contribution in [0.25, 0.3) is 0 Å². The van der Waals surface area contributed by atoms with Crippen LogP contribution in [0.2, 0.25) is 0 Å². The van der Waals surface area contributed by atoms with E-state index in [0.717, 1.165) is 19.4 Å². The average molecular weight is 258 g/mol. The van der Waals surface area contributed by atoms with Crippen molar-refractivity contribution < 1.29 is 9.53 Å². The lowest BCUT2D eigenvalue weighted by Gasteiger charge is -2.19. The minimum absolute atomic E-state index is 0.314. The molecule has 4 nitrogen and oxygen atoms in total. The number of carbonyl (C=O) groups is 1. The van der Waals surface area contributed by atoms with Gasteiger partial charge in [-0.1, -0.05) is 32.1 Å². The second kappa shape index (κ2) is 10.2. The lowest BCUT2D eigenvalue weighted by atomic mass is 10.1. The molecule has 0 fully saturated rings. The minimum atomic E-state index is -0.410. The predicted molar refractivity (Wildman–Crippen MR) is 75.6 cm³/mol. The number of unbranched alkanes of at least 4 members (excludes halogenated alkanes) is 6. The second-order valence-corrected chi connectivity index (χ2v) is 5.69. The van der Waals surface area contributed by atoms with Gasteiger partial charge in [0.25, 0.3) is 0 Å². The fraction of sp³-hybridized carbons (Fsp3) is 0.929. The molecule has 0 heterocycles. The van der Waals surface area contributed by atoms with Crippen molar-refractivity contribution in [2.24, 2.45) is 5.73 Å². The molecular weight excluding hydrogens is 228 g/mol. The minimum Gasteiger partial charge on any atom is -0.444 e. The van der Waals surface area contributed by atoms with Crippen LogP contribution in [0, 0.1) is 0 Å². The third kappa shape index (κ3) is 13.3. The van der Waals surface area contributed by atoms with Crippen molar-refractivity contribution in [2.75, 3.05) is 13.1 Å². The maximum Gasteiger partial charge on any atom is 0.407 e. The summed E-state index contributed by atoms with van der Waals surface area (Å²) in [6.07, 6.45) is 8.04. The van der Waals surface area contributed by atoms with E-state index in [9.17, 15) is 4.79 Å². The van der Waals surface area contributed by atoms with Crippen LogP contribution in [-0.2, 0) is 4.74 Å². The van der Waals surface area contributed by atoms with Gasteiger partial charge in [-0.3, -0.25) is 0 Å². The Labute approximate surface area is 112 Å². The number of hydrogen-bond acceptors (Lipinski definition) is 3. The molecule has 3 N–H and O–H groups in total. The molecule has 1 amide bonds. The highest BCUT2D eigenvalue weighted by molar-refractivity contribution is 5.67. The Kier molecular flexibility index (Phi) is 9.74. The average Bonchev–Trinajstić information content (AvgIpc) is 2.24. The first-order valence-electron chi connectivity index (χ1n) is 7.12. The molecule has 0 aromatic carbocycles. The van der Waals surface area contributed by atoms with Gasteiger partial charge in [0.05, 0.1) is 0 Å². The first-order chi connectivity index (χ1) is 8.45. The highest BCUT2D eigenvalue weighted by Crippen LogP contribution is 2.07. The first-order valence-corrected chi connectivity index (χ1v) is 7.12. The van der Waals surface area contributed by atoms with Crippen molar-refractivity contribution in [3.63, 3.8) is 0 Å². The molecule has 0 aromatic heterocycles. The third-order valence-corrected chi connectivity index (χ3v) is 2.55. The van der Waals surface area contributed by atoms with E-state index in [0.29, 0.717) is 6.54 Å². The second-order valence-electron chi connectivity index (χ2n) is 5.69. The molecule has 18 heavy (non-hydrogen) atoms. The Bertz CT molecular complexity index is 212. The first kappa shape index (κ1) is 17.2. The largest absolute Gasteiger partial charge is 0.444 e. The summed E-state index contributed by atoms with van der Waals surface area (Å²) in [5, 5.41) is 2.77. The molecule has 0 bridgehead atoms. The van der Waals surface area contributed by atoms with E-state index in [1.165, 1.54) is 32.1 Å². The maximum atomic E-state index is 11.3. The lowest BCUT2D eigenvalue weighted by Crippen LogP contribution is -2.32. The lowest BCUT2D eigenvalue weighted by molar-refractivity contribution is 0.0527. The highest BCUT2D eigenvalue weighted by atomic mass is 16.6. The topological polar surface area (TPSA) is 64.3 Å². The van der Waals surface area contributed by atoms with Gasteiger partial charge in [-0.15, -0.1) is 0 Å². The molecule has 0 aliphatic heterocycles. The monoisotopic (exact) mass is 258 g/mol. The Morgan fingerprint density at radius 1 is 1.00 bits per heavy atom. The fourth-order valence-corrected chi connectivity index (χ4v) is 1.66. The van der Waals surface area contributed by atoms with E-state index >= 15 is 0 Å². The molecule has 0 unspecified atom stereocenters. The molecule has 0 atom stereocenters. The Morgan fingerprint density at radius 3 is 2.00 bits per heavy atom. The third-order valence-electron chi connectivity index (χ3n) is 2.55. The molecule has 0 aromatic rings. The number of carbonyl (C=O) groups excluding carboxylic acids is 1. The summed E-state index contributed by atoms with van der Waals surface area (Å²) in [6, 6.07) is 0. The van der Waals surface area contributed by atoms with Gasteiger partial charge in [-0.2, -0.15) is 0 Å². The van der Waals surface area contributed by atoms with Gasteiger partial charge in [0.2, 0.25) is 0 Å². The zero-order chi connectivity index (χ0) is 13.9. The smallest absolute Gasteiger partial charge is 0.407 e. The molecule has 0 rings (SSSR count). The van der Waals surface area contributed by atoms with E-state index in [1.807, 2.05) is 20.8 Å². The van der Waals surface area contributed by atoms with E-state index < -0.39 is 5.60 Å². The summed E-state index contributed by atoms with van der Waals surface area (Å²) in [7, 11) is 0. The van der Waals surface area contributed by atoms with Crippen molar-refractivity contribution in [1.29, 1.82) is 0 Å². The summed E-state index contributed by atoms with van der Waals surface area (Å²) in [6.45, 7) is 7.12. The van der Waals surface area contributed by atoms with E-state index in [-0.39, 0.29) is 6.09 Å². The van der Waals surface area contributed by atoms with Crippen molar-refractivity contribution in [1.82, 2.24) is 5.32 Å². The molecule has 0 spiro atoms. The highest BCUT2D eigenvalue weighted by Gasteiger charge is 2.15. The predicted octanol–water partition coefficient (Wildman–Crippen LogP) is 3.20.